The van der Waals surface area contributed by atoms with Crippen molar-refractivity contribution in [3.63, 3.8) is 0 Å². The van der Waals surface area contributed by atoms with Crippen molar-refractivity contribution in [3.8, 4) is 5.75 Å². The van der Waals surface area contributed by atoms with Gasteiger partial charge in [0.05, 0.1) is 7.11 Å². The highest BCUT2D eigenvalue weighted by molar-refractivity contribution is 7.99. The number of hydrogen-bond donors (Lipinski definition) is 2. The summed E-state index contributed by atoms with van der Waals surface area (Å²) in [4.78, 5) is 0. The summed E-state index contributed by atoms with van der Waals surface area (Å²) in [5, 5.41) is 9.35. The number of hydrogen-bond acceptors (Lipinski definition) is 4. The topological polar surface area (TPSA) is 55.5 Å². The van der Waals surface area contributed by atoms with Crippen LogP contribution in [0.5, 0.6) is 5.75 Å². The Labute approximate surface area is 120 Å². The molecule has 19 heavy (non-hydrogen) atoms. The van der Waals surface area contributed by atoms with Crippen LogP contribution in [0, 0.1) is 5.92 Å². The molecule has 1 aromatic carbocycles. The Bertz CT molecular complexity index is 373. The highest BCUT2D eigenvalue weighted by Crippen LogP contribution is 2.38. The lowest BCUT2D eigenvalue weighted by Crippen LogP contribution is -2.26. The molecule has 3 atom stereocenters. The van der Waals surface area contributed by atoms with E-state index in [2.05, 4.69) is 13.0 Å². The van der Waals surface area contributed by atoms with E-state index in [4.69, 9.17) is 15.6 Å². The molecule has 3 unspecified atom stereocenters. The summed E-state index contributed by atoms with van der Waals surface area (Å²) >= 11 is 1.80. The van der Waals surface area contributed by atoms with Crippen LogP contribution in [0.2, 0.25) is 0 Å². The summed E-state index contributed by atoms with van der Waals surface area (Å²) in [6.45, 7) is 4.36. The van der Waals surface area contributed by atoms with Crippen LogP contribution in [0.1, 0.15) is 31.1 Å². The SMILES string of the molecule is CCC(N)C(SCC(C)CO)c1ccccc1OC. The molecule has 1 rings (SSSR count). The minimum absolute atomic E-state index is 0.0900. The molecular formula is C15H25NO2S. The first-order valence-corrected chi connectivity index (χ1v) is 7.79. The van der Waals surface area contributed by atoms with Gasteiger partial charge in [0.25, 0.3) is 0 Å². The molecule has 0 aliphatic heterocycles. The van der Waals surface area contributed by atoms with Gasteiger partial charge in [0.2, 0.25) is 0 Å². The van der Waals surface area contributed by atoms with Gasteiger partial charge in [-0.25, -0.2) is 0 Å². The van der Waals surface area contributed by atoms with Crippen molar-refractivity contribution in [1.82, 2.24) is 0 Å². The van der Waals surface area contributed by atoms with E-state index in [9.17, 15) is 0 Å². The van der Waals surface area contributed by atoms with Crippen molar-refractivity contribution < 1.29 is 9.84 Å². The normalized spacial score (nSPS) is 15.8. The molecule has 0 spiro atoms. The zero-order chi connectivity index (χ0) is 14.3. The van der Waals surface area contributed by atoms with Crippen LogP contribution in [0.15, 0.2) is 24.3 Å². The summed E-state index contributed by atoms with van der Waals surface area (Å²) in [6.07, 6.45) is 0.920. The van der Waals surface area contributed by atoms with Crippen LogP contribution in [-0.4, -0.2) is 30.6 Å². The van der Waals surface area contributed by atoms with Crippen molar-refractivity contribution >= 4 is 11.8 Å². The molecule has 0 saturated carbocycles. The number of thioether (sulfide) groups is 1. The molecule has 0 aliphatic carbocycles. The van der Waals surface area contributed by atoms with Gasteiger partial charge in [0, 0.05) is 23.5 Å². The Morgan fingerprint density at radius 3 is 2.63 bits per heavy atom. The molecule has 0 bridgehead atoms. The van der Waals surface area contributed by atoms with E-state index < -0.39 is 0 Å². The Hall–Kier alpha value is -0.710. The molecule has 3 nitrogen and oxygen atoms in total. The largest absolute Gasteiger partial charge is 0.496 e. The highest BCUT2D eigenvalue weighted by atomic mass is 32.2. The van der Waals surface area contributed by atoms with E-state index >= 15 is 0 Å². The molecule has 0 saturated heterocycles. The number of methoxy groups -OCH3 is 1. The molecule has 0 aromatic heterocycles. The molecule has 0 amide bonds. The van der Waals surface area contributed by atoms with Gasteiger partial charge in [-0.05, 0) is 24.2 Å². The molecule has 108 valence electrons. The van der Waals surface area contributed by atoms with Crippen LogP contribution in [0.25, 0.3) is 0 Å². The van der Waals surface area contributed by atoms with Gasteiger partial charge in [-0.1, -0.05) is 32.0 Å². The van der Waals surface area contributed by atoms with Crippen molar-refractivity contribution in [2.24, 2.45) is 11.7 Å². The number of rotatable bonds is 8. The third-order valence-corrected chi connectivity index (χ3v) is 4.90. The maximum Gasteiger partial charge on any atom is 0.123 e. The van der Waals surface area contributed by atoms with Crippen LogP contribution in [0.3, 0.4) is 0 Å². The fourth-order valence-electron chi connectivity index (χ4n) is 1.88. The van der Waals surface area contributed by atoms with E-state index in [1.165, 1.54) is 0 Å². The number of aliphatic hydroxyl groups is 1. The number of benzene rings is 1. The molecule has 1 aromatic rings. The quantitative estimate of drug-likeness (QED) is 0.770. The number of aliphatic hydroxyl groups excluding tert-OH is 1. The Morgan fingerprint density at radius 2 is 2.05 bits per heavy atom. The predicted molar refractivity (Wildman–Crippen MR) is 82.7 cm³/mol. The maximum atomic E-state index is 9.15. The summed E-state index contributed by atoms with van der Waals surface area (Å²) in [6, 6.07) is 8.13. The lowest BCUT2D eigenvalue weighted by molar-refractivity contribution is 0.250. The summed E-state index contributed by atoms with van der Waals surface area (Å²) in [5.41, 5.74) is 7.41. The van der Waals surface area contributed by atoms with Crippen molar-refractivity contribution in [2.75, 3.05) is 19.5 Å². The monoisotopic (exact) mass is 283 g/mol. The van der Waals surface area contributed by atoms with Gasteiger partial charge in [-0.15, -0.1) is 0 Å². The second kappa shape index (κ2) is 8.46. The van der Waals surface area contributed by atoms with Gasteiger partial charge in [-0.2, -0.15) is 11.8 Å². The van der Waals surface area contributed by atoms with E-state index in [0.29, 0.717) is 0 Å². The second-order valence-electron chi connectivity index (χ2n) is 4.86. The van der Waals surface area contributed by atoms with Crippen LogP contribution in [-0.2, 0) is 0 Å². The van der Waals surface area contributed by atoms with Crippen LogP contribution in [0.4, 0.5) is 0 Å². The fraction of sp³-hybridized carbons (Fsp3) is 0.600. The Kier molecular flexibility index (Phi) is 7.28. The lowest BCUT2D eigenvalue weighted by Gasteiger charge is -2.25. The van der Waals surface area contributed by atoms with Crippen molar-refractivity contribution in [3.05, 3.63) is 29.8 Å². The van der Waals surface area contributed by atoms with Gasteiger partial charge in [0.15, 0.2) is 0 Å². The number of ether oxygens (including phenoxy) is 1. The number of nitrogens with two attached hydrogens (primary N) is 1. The molecule has 0 fully saturated rings. The standard InChI is InChI=1S/C15H25NO2S/c1-4-13(16)15(19-10-11(2)9-17)12-7-5-6-8-14(12)18-3/h5-8,11,13,15,17H,4,9-10,16H2,1-3H3. The van der Waals surface area contributed by atoms with Gasteiger partial charge in [-0.3, -0.25) is 0 Å². The molecule has 4 heteroatoms. The van der Waals surface area contributed by atoms with E-state index in [1.807, 2.05) is 25.1 Å². The smallest absolute Gasteiger partial charge is 0.123 e. The van der Waals surface area contributed by atoms with Crippen molar-refractivity contribution in [1.29, 1.82) is 0 Å². The first-order chi connectivity index (χ1) is 9.13. The third-order valence-electron chi connectivity index (χ3n) is 3.18. The van der Waals surface area contributed by atoms with Gasteiger partial charge >= 0.3 is 0 Å². The highest BCUT2D eigenvalue weighted by Gasteiger charge is 2.22. The molecule has 3 N–H and O–H groups in total. The molecule has 0 aliphatic rings. The third kappa shape index (κ3) is 4.71. The Balaban J connectivity index is 2.89. The summed E-state index contributed by atoms with van der Waals surface area (Å²) in [7, 11) is 1.69. The fourth-order valence-corrected chi connectivity index (χ4v) is 3.34. The average molecular weight is 283 g/mol. The van der Waals surface area contributed by atoms with E-state index in [0.717, 1.165) is 23.5 Å². The van der Waals surface area contributed by atoms with Gasteiger partial charge < -0.3 is 15.6 Å². The van der Waals surface area contributed by atoms with Crippen LogP contribution < -0.4 is 10.5 Å². The number of para-hydroxylation sites is 1. The predicted octanol–water partition coefficient (Wildman–Crippen LogP) is 2.84. The zero-order valence-corrected chi connectivity index (χ0v) is 12.8. The average Bonchev–Trinajstić information content (AvgIpc) is 2.47. The second-order valence-corrected chi connectivity index (χ2v) is 6.03. The summed E-state index contributed by atoms with van der Waals surface area (Å²) < 4.78 is 5.44. The molecule has 0 radical (unpaired) electrons. The van der Waals surface area contributed by atoms with E-state index in [-0.39, 0.29) is 23.8 Å². The zero-order valence-electron chi connectivity index (χ0n) is 12.0. The van der Waals surface area contributed by atoms with Crippen molar-refractivity contribution in [2.45, 2.75) is 31.6 Å². The first-order valence-electron chi connectivity index (χ1n) is 6.74. The molecular weight excluding hydrogens is 258 g/mol. The lowest BCUT2D eigenvalue weighted by atomic mass is 10.0. The molecule has 0 heterocycles. The minimum atomic E-state index is 0.0900. The van der Waals surface area contributed by atoms with Crippen LogP contribution >= 0.6 is 11.8 Å². The van der Waals surface area contributed by atoms with Gasteiger partial charge in [0.1, 0.15) is 5.75 Å². The van der Waals surface area contributed by atoms with E-state index in [1.54, 1.807) is 18.9 Å². The maximum absolute atomic E-state index is 9.15. The Morgan fingerprint density at radius 1 is 1.37 bits per heavy atom. The summed E-state index contributed by atoms with van der Waals surface area (Å²) in [5.74, 6) is 2.07. The minimum Gasteiger partial charge on any atom is -0.496 e. The first kappa shape index (κ1) is 16.3.